The van der Waals surface area contributed by atoms with E-state index in [1.165, 1.54) is 18.1 Å². The third-order valence-corrected chi connectivity index (χ3v) is 5.91. The van der Waals surface area contributed by atoms with Gasteiger partial charge >= 0.3 is 0 Å². The zero-order chi connectivity index (χ0) is 10.9. The minimum absolute atomic E-state index is 0.285. The molecule has 0 N–H and O–H groups in total. The average Bonchev–Trinajstić information content (AvgIpc) is 2.01. The summed E-state index contributed by atoms with van der Waals surface area (Å²) < 4.78 is 0. The summed E-state index contributed by atoms with van der Waals surface area (Å²) in [5, 5.41) is 0. The molecule has 1 heterocycles. The fraction of sp³-hybridized carbons (Fsp3) is 1.00. The van der Waals surface area contributed by atoms with Gasteiger partial charge in [-0.1, -0.05) is 13.8 Å². The van der Waals surface area contributed by atoms with Crippen molar-refractivity contribution in [3.05, 3.63) is 0 Å². The first kappa shape index (κ1) is 12.4. The minimum atomic E-state index is -0.285. The molecule has 1 aliphatic rings. The highest BCUT2D eigenvalue weighted by Gasteiger charge is 2.33. The van der Waals surface area contributed by atoms with Crippen LogP contribution >= 0.6 is 10.0 Å². The van der Waals surface area contributed by atoms with Crippen molar-refractivity contribution in [3.8, 4) is 0 Å². The smallest absolute Gasteiger partial charge is 0.0197 e. The van der Waals surface area contributed by atoms with E-state index in [2.05, 4.69) is 45.1 Å². The molecule has 14 heavy (non-hydrogen) atoms. The third kappa shape index (κ3) is 2.90. The Morgan fingerprint density at radius 1 is 1.14 bits per heavy atom. The Hall–Kier alpha value is 0.310. The highest BCUT2D eigenvalue weighted by atomic mass is 32.3. The summed E-state index contributed by atoms with van der Waals surface area (Å²) in [4.78, 5) is 2.71. The van der Waals surface area contributed by atoms with Crippen LogP contribution in [0.3, 0.4) is 0 Å². The van der Waals surface area contributed by atoms with E-state index in [4.69, 9.17) is 0 Å². The topological polar surface area (TPSA) is 3.24 Å². The highest BCUT2D eigenvalue weighted by molar-refractivity contribution is 8.32. The van der Waals surface area contributed by atoms with Crippen LogP contribution in [0.4, 0.5) is 0 Å². The van der Waals surface area contributed by atoms with Crippen molar-refractivity contribution in [1.82, 2.24) is 4.90 Å². The van der Waals surface area contributed by atoms with Crippen molar-refractivity contribution in [3.63, 3.8) is 0 Å². The van der Waals surface area contributed by atoms with E-state index in [0.717, 1.165) is 18.0 Å². The molecule has 1 saturated heterocycles. The van der Waals surface area contributed by atoms with Gasteiger partial charge in [0.05, 0.1) is 0 Å². The van der Waals surface area contributed by atoms with Crippen molar-refractivity contribution in [2.45, 2.75) is 39.8 Å². The van der Waals surface area contributed by atoms with Crippen LogP contribution in [0.25, 0.3) is 0 Å². The summed E-state index contributed by atoms with van der Waals surface area (Å²) in [6.07, 6.45) is 5.00. The second-order valence-corrected chi connectivity index (χ2v) is 10.1. The molecule has 1 fully saturated rings. The lowest BCUT2D eigenvalue weighted by atomic mass is 10.0. The highest BCUT2D eigenvalue weighted by Crippen LogP contribution is 2.45. The van der Waals surface area contributed by atoms with Gasteiger partial charge in [-0.3, -0.25) is 4.90 Å². The van der Waals surface area contributed by atoms with Crippen LogP contribution in [0.5, 0.6) is 0 Å². The molecule has 0 radical (unpaired) electrons. The lowest BCUT2D eigenvalue weighted by molar-refractivity contribution is 0.136. The fourth-order valence-corrected chi connectivity index (χ4v) is 4.75. The molecule has 0 bridgehead atoms. The second-order valence-electron chi connectivity index (χ2n) is 5.78. The Bertz CT molecular complexity index is 187. The average molecular weight is 217 g/mol. The molecule has 0 aromatic carbocycles. The fourth-order valence-electron chi connectivity index (χ4n) is 2.38. The van der Waals surface area contributed by atoms with Crippen molar-refractivity contribution >= 4 is 10.0 Å². The molecule has 1 atom stereocenters. The summed E-state index contributed by atoms with van der Waals surface area (Å²) in [7, 11) is -0.285. The molecule has 0 aromatic heterocycles. The summed E-state index contributed by atoms with van der Waals surface area (Å²) in [5.41, 5.74) is 0. The maximum atomic E-state index is 2.71. The van der Waals surface area contributed by atoms with Crippen LogP contribution in [-0.2, 0) is 0 Å². The molecule has 0 aromatic rings. The van der Waals surface area contributed by atoms with Gasteiger partial charge in [0.25, 0.3) is 0 Å². The molecule has 86 valence electrons. The van der Waals surface area contributed by atoms with E-state index in [0.29, 0.717) is 0 Å². The molecule has 0 aliphatic carbocycles. The predicted molar refractivity (Wildman–Crippen MR) is 69.6 cm³/mol. The molecule has 0 spiro atoms. The third-order valence-electron chi connectivity index (χ3n) is 3.38. The summed E-state index contributed by atoms with van der Waals surface area (Å²) in [6, 6.07) is 1.55. The molecule has 1 unspecified atom stereocenters. The molecule has 1 rings (SSSR count). The van der Waals surface area contributed by atoms with Gasteiger partial charge in [0, 0.05) is 18.6 Å². The Balaban J connectivity index is 2.71. The molecular formula is C12H27NS. The standard InChI is InChI=1S/C12H27NS/c1-10(2)12-9-14(5,6)8-7-13(12)11(3)4/h10-12H,7-9H2,1-6H3. The summed E-state index contributed by atoms with van der Waals surface area (Å²) >= 11 is 0. The largest absolute Gasteiger partial charge is 0.296 e. The van der Waals surface area contributed by atoms with Gasteiger partial charge in [0.15, 0.2) is 0 Å². The normalized spacial score (nSPS) is 31.0. The monoisotopic (exact) mass is 217 g/mol. The summed E-state index contributed by atoms with van der Waals surface area (Å²) in [5.74, 6) is 3.70. The molecule has 0 saturated carbocycles. The lowest BCUT2D eigenvalue weighted by Crippen LogP contribution is -2.51. The van der Waals surface area contributed by atoms with Crippen molar-refractivity contribution in [2.75, 3.05) is 30.6 Å². The SMILES string of the molecule is CC(C)C1CS(C)(C)CCN1C(C)C. The van der Waals surface area contributed by atoms with Gasteiger partial charge in [0.2, 0.25) is 0 Å². The number of hydrogen-bond donors (Lipinski definition) is 0. The quantitative estimate of drug-likeness (QED) is 0.687. The maximum absolute atomic E-state index is 2.71. The molecular weight excluding hydrogens is 190 g/mol. The van der Waals surface area contributed by atoms with E-state index >= 15 is 0 Å². The van der Waals surface area contributed by atoms with E-state index in [1.807, 2.05) is 0 Å². The van der Waals surface area contributed by atoms with Crippen molar-refractivity contribution in [1.29, 1.82) is 0 Å². The minimum Gasteiger partial charge on any atom is -0.296 e. The zero-order valence-electron chi connectivity index (χ0n) is 10.7. The van der Waals surface area contributed by atoms with Crippen LogP contribution in [0.1, 0.15) is 27.7 Å². The predicted octanol–water partition coefficient (Wildman–Crippen LogP) is 2.80. The zero-order valence-corrected chi connectivity index (χ0v) is 11.5. The first-order valence-electron chi connectivity index (χ1n) is 5.78. The van der Waals surface area contributed by atoms with Gasteiger partial charge in [-0.15, -0.1) is 0 Å². The van der Waals surface area contributed by atoms with E-state index < -0.39 is 0 Å². The van der Waals surface area contributed by atoms with Crippen LogP contribution in [0.2, 0.25) is 0 Å². The van der Waals surface area contributed by atoms with Gasteiger partial charge in [0.1, 0.15) is 0 Å². The molecule has 0 amide bonds. The Kier molecular flexibility index (Phi) is 3.93. The van der Waals surface area contributed by atoms with Gasteiger partial charge in [-0.2, -0.15) is 0 Å². The van der Waals surface area contributed by atoms with Crippen molar-refractivity contribution in [2.24, 2.45) is 5.92 Å². The van der Waals surface area contributed by atoms with Crippen LogP contribution in [-0.4, -0.2) is 47.5 Å². The Labute approximate surface area is 91.6 Å². The first-order valence-corrected chi connectivity index (χ1v) is 8.57. The summed E-state index contributed by atoms with van der Waals surface area (Å²) in [6.45, 7) is 10.7. The molecule has 1 nitrogen and oxygen atoms in total. The van der Waals surface area contributed by atoms with Crippen LogP contribution in [0, 0.1) is 5.92 Å². The van der Waals surface area contributed by atoms with E-state index in [1.54, 1.807) is 0 Å². The van der Waals surface area contributed by atoms with Gasteiger partial charge in [-0.25, -0.2) is 10.0 Å². The number of hydrogen-bond acceptors (Lipinski definition) is 1. The van der Waals surface area contributed by atoms with E-state index in [9.17, 15) is 0 Å². The lowest BCUT2D eigenvalue weighted by Gasteiger charge is -2.49. The van der Waals surface area contributed by atoms with Gasteiger partial charge in [-0.05, 0) is 43.8 Å². The first-order chi connectivity index (χ1) is 6.33. The number of nitrogens with zero attached hydrogens (tertiary/aromatic N) is 1. The van der Waals surface area contributed by atoms with Crippen LogP contribution in [0.15, 0.2) is 0 Å². The molecule has 2 heteroatoms. The maximum Gasteiger partial charge on any atom is 0.0197 e. The molecule has 1 aliphatic heterocycles. The Morgan fingerprint density at radius 3 is 2.14 bits per heavy atom. The van der Waals surface area contributed by atoms with Crippen molar-refractivity contribution < 1.29 is 0 Å². The number of rotatable bonds is 2. The van der Waals surface area contributed by atoms with E-state index in [-0.39, 0.29) is 10.0 Å². The van der Waals surface area contributed by atoms with Crippen LogP contribution < -0.4 is 0 Å². The second kappa shape index (κ2) is 4.44. The van der Waals surface area contributed by atoms with Gasteiger partial charge < -0.3 is 0 Å². The Morgan fingerprint density at radius 2 is 1.71 bits per heavy atom.